The van der Waals surface area contributed by atoms with Crippen molar-refractivity contribution >= 4 is 38.5 Å². The van der Waals surface area contributed by atoms with E-state index < -0.39 is 10.0 Å². The number of pyridine rings is 1. The third-order valence-electron chi connectivity index (χ3n) is 2.74. The van der Waals surface area contributed by atoms with Crippen LogP contribution in [0.1, 0.15) is 0 Å². The Morgan fingerprint density at radius 1 is 1.09 bits per heavy atom. The molecule has 0 aliphatic carbocycles. The summed E-state index contributed by atoms with van der Waals surface area (Å²) in [4.78, 5) is 8.21. The number of sulfonamides is 1. The SMILES string of the molecule is O=S(=O)(c1ccccc1)N(Cl)c1nc(-c2cccnc2)ns1. The summed E-state index contributed by atoms with van der Waals surface area (Å²) in [5.74, 6) is 0.377. The maximum Gasteiger partial charge on any atom is 0.280 e. The third kappa shape index (κ3) is 2.80. The first-order chi connectivity index (χ1) is 10.6. The molecule has 6 nitrogen and oxygen atoms in total. The van der Waals surface area contributed by atoms with Gasteiger partial charge in [0.15, 0.2) is 5.82 Å². The zero-order valence-electron chi connectivity index (χ0n) is 11.0. The van der Waals surface area contributed by atoms with E-state index >= 15 is 0 Å². The standard InChI is InChI=1S/C13H9ClN4O2S2/c14-18(22(19,20)11-6-2-1-3-7-11)13-16-12(17-21-13)10-5-4-8-15-9-10/h1-9H. The summed E-state index contributed by atoms with van der Waals surface area (Å²) in [6.07, 6.45) is 3.22. The molecule has 112 valence electrons. The molecule has 0 aliphatic rings. The minimum absolute atomic E-state index is 0.0735. The normalized spacial score (nSPS) is 11.3. The minimum atomic E-state index is -3.87. The predicted octanol–water partition coefficient (Wildman–Crippen LogP) is 2.95. The van der Waals surface area contributed by atoms with Gasteiger partial charge in [0.1, 0.15) is 0 Å². The van der Waals surface area contributed by atoms with Gasteiger partial charge in [-0.1, -0.05) is 18.2 Å². The van der Waals surface area contributed by atoms with Crippen LogP contribution >= 0.6 is 23.3 Å². The molecule has 0 saturated heterocycles. The molecule has 0 aliphatic heterocycles. The number of hydrogen-bond donors (Lipinski definition) is 0. The van der Waals surface area contributed by atoms with Crippen LogP contribution in [0.3, 0.4) is 0 Å². The Morgan fingerprint density at radius 3 is 2.55 bits per heavy atom. The maximum atomic E-state index is 12.4. The number of anilines is 1. The highest BCUT2D eigenvalue weighted by atomic mass is 35.5. The molecule has 0 radical (unpaired) electrons. The Kier molecular flexibility index (Phi) is 4.06. The molecule has 2 aromatic heterocycles. The van der Waals surface area contributed by atoms with Gasteiger partial charge in [-0.15, -0.1) is 3.82 Å². The topological polar surface area (TPSA) is 76.1 Å². The number of halogens is 1. The molecule has 3 aromatic rings. The van der Waals surface area contributed by atoms with Crippen molar-refractivity contribution in [2.45, 2.75) is 4.90 Å². The Bertz CT molecular complexity index is 869. The van der Waals surface area contributed by atoms with Gasteiger partial charge in [0, 0.05) is 41.3 Å². The fourth-order valence-corrected chi connectivity index (χ4v) is 3.89. The molecule has 1 aromatic carbocycles. The van der Waals surface area contributed by atoms with Crippen LogP contribution in [0.25, 0.3) is 11.4 Å². The summed E-state index contributed by atoms with van der Waals surface area (Å²) < 4.78 is 29.5. The Morgan fingerprint density at radius 2 is 1.86 bits per heavy atom. The summed E-state index contributed by atoms with van der Waals surface area (Å²) >= 11 is 6.87. The van der Waals surface area contributed by atoms with Gasteiger partial charge in [-0.05, 0) is 24.3 Å². The average Bonchev–Trinajstić information content (AvgIpc) is 3.05. The largest absolute Gasteiger partial charge is 0.280 e. The van der Waals surface area contributed by atoms with E-state index in [0.717, 1.165) is 11.5 Å². The van der Waals surface area contributed by atoms with Crippen LogP contribution in [0.15, 0.2) is 59.8 Å². The highest BCUT2D eigenvalue weighted by molar-refractivity contribution is 7.94. The first-order valence-corrected chi connectivity index (χ1v) is 8.64. The van der Waals surface area contributed by atoms with E-state index in [0.29, 0.717) is 15.2 Å². The number of rotatable bonds is 4. The smallest absolute Gasteiger partial charge is 0.264 e. The lowest BCUT2D eigenvalue weighted by Gasteiger charge is -2.11. The van der Waals surface area contributed by atoms with Crippen molar-refractivity contribution in [2.24, 2.45) is 0 Å². The van der Waals surface area contributed by atoms with E-state index in [1.807, 2.05) is 0 Å². The highest BCUT2D eigenvalue weighted by Crippen LogP contribution is 2.29. The monoisotopic (exact) mass is 352 g/mol. The molecular weight excluding hydrogens is 344 g/mol. The fourth-order valence-electron chi connectivity index (χ4n) is 1.69. The zero-order valence-corrected chi connectivity index (χ0v) is 13.4. The van der Waals surface area contributed by atoms with Gasteiger partial charge in [0.05, 0.1) is 4.90 Å². The van der Waals surface area contributed by atoms with Gasteiger partial charge < -0.3 is 0 Å². The van der Waals surface area contributed by atoms with Crippen molar-refractivity contribution in [1.29, 1.82) is 0 Å². The lowest BCUT2D eigenvalue weighted by molar-refractivity contribution is 0.598. The van der Waals surface area contributed by atoms with E-state index in [1.54, 1.807) is 42.7 Å². The average molecular weight is 353 g/mol. The van der Waals surface area contributed by atoms with Crippen molar-refractivity contribution in [3.05, 3.63) is 54.9 Å². The summed E-state index contributed by atoms with van der Waals surface area (Å²) in [7, 11) is -3.87. The Hall–Kier alpha value is -2.03. The van der Waals surface area contributed by atoms with Crippen LogP contribution in [0.4, 0.5) is 5.13 Å². The number of nitrogens with zero attached hydrogens (tertiary/aromatic N) is 4. The fraction of sp³-hybridized carbons (Fsp3) is 0. The minimum Gasteiger partial charge on any atom is -0.264 e. The van der Waals surface area contributed by atoms with Crippen molar-refractivity contribution in [3.8, 4) is 11.4 Å². The van der Waals surface area contributed by atoms with Gasteiger partial charge in [-0.25, -0.2) is 0 Å². The maximum absolute atomic E-state index is 12.4. The highest BCUT2D eigenvalue weighted by Gasteiger charge is 2.26. The van der Waals surface area contributed by atoms with Crippen LogP contribution in [-0.4, -0.2) is 22.8 Å². The summed E-state index contributed by atoms with van der Waals surface area (Å²) in [6.45, 7) is 0. The predicted molar refractivity (Wildman–Crippen MR) is 85.1 cm³/mol. The molecule has 3 rings (SSSR count). The second-order valence-corrected chi connectivity index (χ2v) is 7.23. The molecule has 9 heteroatoms. The quantitative estimate of drug-likeness (QED) is 0.675. The summed E-state index contributed by atoms with van der Waals surface area (Å²) in [5.41, 5.74) is 0.687. The molecule has 0 amide bonds. The zero-order chi connectivity index (χ0) is 15.6. The lowest BCUT2D eigenvalue weighted by atomic mass is 10.3. The van der Waals surface area contributed by atoms with Crippen LogP contribution in [0, 0.1) is 0 Å². The van der Waals surface area contributed by atoms with Crippen molar-refractivity contribution in [2.75, 3.05) is 3.82 Å². The molecule has 0 fully saturated rings. The first kappa shape index (κ1) is 14.9. The molecule has 0 atom stereocenters. The molecule has 0 bridgehead atoms. The summed E-state index contributed by atoms with van der Waals surface area (Å²) in [6, 6.07) is 11.4. The van der Waals surface area contributed by atoms with Crippen LogP contribution in [-0.2, 0) is 10.0 Å². The molecule has 2 heterocycles. The molecular formula is C13H9ClN4O2S2. The third-order valence-corrected chi connectivity index (χ3v) is 5.82. The molecule has 0 N–H and O–H groups in total. The van der Waals surface area contributed by atoms with E-state index in [-0.39, 0.29) is 10.0 Å². The lowest BCUT2D eigenvalue weighted by Crippen LogP contribution is -2.21. The molecule has 0 unspecified atom stereocenters. The number of hydrogen-bond acceptors (Lipinski definition) is 6. The molecule has 0 saturated carbocycles. The van der Waals surface area contributed by atoms with Crippen molar-refractivity contribution in [3.63, 3.8) is 0 Å². The van der Waals surface area contributed by atoms with Crippen LogP contribution < -0.4 is 3.82 Å². The van der Waals surface area contributed by atoms with Gasteiger partial charge in [0.25, 0.3) is 10.0 Å². The van der Waals surface area contributed by atoms with Crippen LogP contribution in [0.5, 0.6) is 0 Å². The summed E-state index contributed by atoms with van der Waals surface area (Å²) in [5, 5.41) is 0.0735. The van der Waals surface area contributed by atoms with Crippen molar-refractivity contribution < 1.29 is 8.42 Å². The van der Waals surface area contributed by atoms with Crippen molar-refractivity contribution in [1.82, 2.24) is 14.3 Å². The second kappa shape index (κ2) is 5.99. The van der Waals surface area contributed by atoms with Gasteiger partial charge in [0.2, 0.25) is 5.13 Å². The Balaban J connectivity index is 1.94. The van der Waals surface area contributed by atoms with E-state index in [2.05, 4.69) is 14.3 Å². The first-order valence-electron chi connectivity index (χ1n) is 6.09. The second-order valence-electron chi connectivity index (χ2n) is 4.18. The van der Waals surface area contributed by atoms with E-state index in [4.69, 9.17) is 11.8 Å². The Labute approximate surface area is 136 Å². The molecule has 0 spiro atoms. The van der Waals surface area contributed by atoms with Crippen LogP contribution in [0.2, 0.25) is 0 Å². The van der Waals surface area contributed by atoms with Gasteiger partial charge in [-0.2, -0.15) is 17.8 Å². The van der Waals surface area contributed by atoms with E-state index in [9.17, 15) is 8.42 Å². The number of benzene rings is 1. The van der Waals surface area contributed by atoms with Gasteiger partial charge >= 0.3 is 0 Å². The number of aromatic nitrogens is 3. The van der Waals surface area contributed by atoms with Gasteiger partial charge in [-0.3, -0.25) is 4.98 Å². The van der Waals surface area contributed by atoms with E-state index in [1.165, 1.54) is 12.1 Å². The molecule has 22 heavy (non-hydrogen) atoms.